The fourth-order valence-corrected chi connectivity index (χ4v) is 0.753. The molecule has 0 radical (unpaired) electrons. The smallest absolute Gasteiger partial charge is 0.318 e. The van der Waals surface area contributed by atoms with Gasteiger partial charge in [0.15, 0.2) is 0 Å². The van der Waals surface area contributed by atoms with Crippen LogP contribution in [0.3, 0.4) is 0 Å². The number of carbonyl (C=O) groups is 1. The van der Waals surface area contributed by atoms with Gasteiger partial charge in [-0.2, -0.15) is 0 Å². The predicted molar refractivity (Wildman–Crippen MR) is 45.4 cm³/mol. The van der Waals surface area contributed by atoms with Crippen molar-refractivity contribution in [1.29, 1.82) is 0 Å². The number of aliphatic hydroxyl groups is 1. The SMILES string of the molecule is CCCCC(O)OC(=O)CBr. The molecule has 0 saturated carbocycles. The van der Waals surface area contributed by atoms with Gasteiger partial charge in [-0.15, -0.1) is 0 Å². The summed E-state index contributed by atoms with van der Waals surface area (Å²) in [5.41, 5.74) is 0. The van der Waals surface area contributed by atoms with E-state index in [0.717, 1.165) is 12.8 Å². The number of unbranched alkanes of at least 4 members (excludes halogenated alkanes) is 1. The molecule has 0 aromatic carbocycles. The molecule has 11 heavy (non-hydrogen) atoms. The van der Waals surface area contributed by atoms with E-state index in [1.54, 1.807) is 0 Å². The van der Waals surface area contributed by atoms with Crippen LogP contribution < -0.4 is 0 Å². The van der Waals surface area contributed by atoms with Crippen LogP contribution in [0.5, 0.6) is 0 Å². The minimum atomic E-state index is -0.931. The third kappa shape index (κ3) is 6.31. The molecule has 0 aliphatic heterocycles. The number of hydrogen-bond donors (Lipinski definition) is 1. The number of aliphatic hydroxyl groups excluding tert-OH is 1. The Labute approximate surface area is 74.9 Å². The molecule has 1 atom stereocenters. The summed E-state index contributed by atoms with van der Waals surface area (Å²) in [5, 5.41) is 9.15. The fraction of sp³-hybridized carbons (Fsp3) is 0.857. The number of rotatable bonds is 5. The van der Waals surface area contributed by atoms with Gasteiger partial charge in [-0.1, -0.05) is 29.3 Å². The molecule has 1 unspecified atom stereocenters. The van der Waals surface area contributed by atoms with Crippen LogP contribution >= 0.6 is 15.9 Å². The molecule has 0 aromatic rings. The highest BCUT2D eigenvalue weighted by Gasteiger charge is 2.07. The van der Waals surface area contributed by atoms with Gasteiger partial charge in [-0.05, 0) is 6.42 Å². The monoisotopic (exact) mass is 224 g/mol. The van der Waals surface area contributed by atoms with Crippen molar-refractivity contribution in [3.8, 4) is 0 Å². The Bertz CT molecular complexity index is 116. The van der Waals surface area contributed by atoms with Gasteiger partial charge in [0.1, 0.15) is 5.33 Å². The van der Waals surface area contributed by atoms with Crippen LogP contribution in [0.15, 0.2) is 0 Å². The second-order valence-corrected chi connectivity index (χ2v) is 2.78. The molecule has 0 aliphatic carbocycles. The molecule has 0 amide bonds. The number of carbonyl (C=O) groups excluding carboxylic acids is 1. The van der Waals surface area contributed by atoms with Gasteiger partial charge in [-0.25, -0.2) is 0 Å². The Kier molecular flexibility index (Phi) is 6.56. The first-order valence-corrected chi connectivity index (χ1v) is 4.76. The summed E-state index contributed by atoms with van der Waals surface area (Å²) in [6, 6.07) is 0. The topological polar surface area (TPSA) is 46.5 Å². The van der Waals surface area contributed by atoms with E-state index in [1.807, 2.05) is 6.92 Å². The summed E-state index contributed by atoms with van der Waals surface area (Å²) >= 11 is 2.93. The summed E-state index contributed by atoms with van der Waals surface area (Å²) in [6.07, 6.45) is 1.45. The van der Waals surface area contributed by atoms with Crippen molar-refractivity contribution in [1.82, 2.24) is 0 Å². The average Bonchev–Trinajstić information content (AvgIpc) is 2.00. The van der Waals surface area contributed by atoms with Crippen LogP contribution in [0.1, 0.15) is 26.2 Å². The lowest BCUT2D eigenvalue weighted by Gasteiger charge is -2.09. The lowest BCUT2D eigenvalue weighted by atomic mass is 10.2. The second kappa shape index (κ2) is 6.61. The van der Waals surface area contributed by atoms with E-state index in [0.29, 0.717) is 6.42 Å². The second-order valence-electron chi connectivity index (χ2n) is 2.22. The summed E-state index contributed by atoms with van der Waals surface area (Å²) in [4.78, 5) is 10.6. The van der Waals surface area contributed by atoms with E-state index >= 15 is 0 Å². The first kappa shape index (κ1) is 10.9. The third-order valence-corrected chi connectivity index (χ3v) is 1.64. The van der Waals surface area contributed by atoms with E-state index in [2.05, 4.69) is 20.7 Å². The minimum absolute atomic E-state index is 0.135. The van der Waals surface area contributed by atoms with Crippen molar-refractivity contribution in [3.05, 3.63) is 0 Å². The van der Waals surface area contributed by atoms with Crippen LogP contribution in [0.2, 0.25) is 0 Å². The molecule has 3 nitrogen and oxygen atoms in total. The first-order valence-electron chi connectivity index (χ1n) is 3.64. The Morgan fingerprint density at radius 1 is 1.73 bits per heavy atom. The van der Waals surface area contributed by atoms with Gasteiger partial charge in [-0.3, -0.25) is 4.79 Å². The molecular formula is C7H13BrO3. The van der Waals surface area contributed by atoms with Gasteiger partial charge in [0, 0.05) is 6.42 Å². The average molecular weight is 225 g/mol. The third-order valence-electron chi connectivity index (χ3n) is 1.18. The van der Waals surface area contributed by atoms with E-state index in [1.165, 1.54) is 0 Å². The number of hydrogen-bond acceptors (Lipinski definition) is 3. The van der Waals surface area contributed by atoms with E-state index in [4.69, 9.17) is 5.11 Å². The molecule has 66 valence electrons. The van der Waals surface area contributed by atoms with Crippen molar-refractivity contribution < 1.29 is 14.6 Å². The van der Waals surface area contributed by atoms with Crippen molar-refractivity contribution >= 4 is 21.9 Å². The zero-order chi connectivity index (χ0) is 8.69. The lowest BCUT2D eigenvalue weighted by Crippen LogP contribution is -2.17. The first-order chi connectivity index (χ1) is 5.20. The number of halogens is 1. The van der Waals surface area contributed by atoms with Crippen LogP contribution in [0, 0.1) is 0 Å². The van der Waals surface area contributed by atoms with Crippen LogP contribution in [0.4, 0.5) is 0 Å². The Morgan fingerprint density at radius 2 is 2.36 bits per heavy atom. The summed E-state index contributed by atoms with van der Waals surface area (Å²) in [5.74, 6) is -0.423. The molecule has 0 aliphatic rings. The largest absolute Gasteiger partial charge is 0.435 e. The number of alkyl halides is 1. The van der Waals surface area contributed by atoms with Crippen LogP contribution in [-0.2, 0) is 9.53 Å². The molecule has 1 N–H and O–H groups in total. The van der Waals surface area contributed by atoms with Gasteiger partial charge in [0.05, 0.1) is 0 Å². The number of esters is 1. The van der Waals surface area contributed by atoms with E-state index in [-0.39, 0.29) is 5.33 Å². The van der Waals surface area contributed by atoms with Crippen molar-refractivity contribution in [2.24, 2.45) is 0 Å². The van der Waals surface area contributed by atoms with Gasteiger partial charge in [0.25, 0.3) is 0 Å². The maximum Gasteiger partial charge on any atom is 0.318 e. The summed E-state index contributed by atoms with van der Waals surface area (Å²) in [6.45, 7) is 2.01. The lowest BCUT2D eigenvalue weighted by molar-refractivity contribution is -0.165. The Balaban J connectivity index is 3.35. The highest BCUT2D eigenvalue weighted by Crippen LogP contribution is 2.02. The molecule has 0 saturated heterocycles. The Morgan fingerprint density at radius 3 is 2.82 bits per heavy atom. The quantitative estimate of drug-likeness (QED) is 0.437. The standard InChI is InChI=1S/C7H13BrO3/c1-2-3-4-6(9)11-7(10)5-8/h6,9H,2-5H2,1H3. The van der Waals surface area contributed by atoms with Gasteiger partial charge < -0.3 is 9.84 Å². The molecular weight excluding hydrogens is 212 g/mol. The molecule has 0 rings (SSSR count). The number of ether oxygens (including phenoxy) is 1. The normalized spacial score (nSPS) is 12.6. The molecule has 0 spiro atoms. The molecule has 0 aromatic heterocycles. The van der Waals surface area contributed by atoms with E-state index < -0.39 is 12.3 Å². The van der Waals surface area contributed by atoms with E-state index in [9.17, 15) is 4.79 Å². The molecule has 4 heteroatoms. The minimum Gasteiger partial charge on any atom is -0.435 e. The highest BCUT2D eigenvalue weighted by molar-refractivity contribution is 9.09. The molecule has 0 fully saturated rings. The zero-order valence-corrected chi connectivity index (χ0v) is 8.13. The van der Waals surface area contributed by atoms with Crippen LogP contribution in [-0.4, -0.2) is 22.7 Å². The molecule has 0 bridgehead atoms. The van der Waals surface area contributed by atoms with Crippen molar-refractivity contribution in [2.75, 3.05) is 5.33 Å². The van der Waals surface area contributed by atoms with Crippen LogP contribution in [0.25, 0.3) is 0 Å². The van der Waals surface area contributed by atoms with Crippen molar-refractivity contribution in [2.45, 2.75) is 32.5 Å². The zero-order valence-electron chi connectivity index (χ0n) is 6.55. The Hall–Kier alpha value is -0.0900. The summed E-state index contributed by atoms with van der Waals surface area (Å²) < 4.78 is 4.57. The van der Waals surface area contributed by atoms with Crippen molar-refractivity contribution in [3.63, 3.8) is 0 Å². The fourth-order valence-electron chi connectivity index (χ4n) is 0.621. The predicted octanol–water partition coefficient (Wildman–Crippen LogP) is 1.43. The maximum atomic E-state index is 10.6. The highest BCUT2D eigenvalue weighted by atomic mass is 79.9. The molecule has 0 heterocycles. The van der Waals surface area contributed by atoms with Gasteiger partial charge in [0.2, 0.25) is 6.29 Å². The summed E-state index contributed by atoms with van der Waals surface area (Å²) in [7, 11) is 0. The van der Waals surface area contributed by atoms with Gasteiger partial charge >= 0.3 is 5.97 Å². The maximum absolute atomic E-state index is 10.6.